The van der Waals surface area contributed by atoms with E-state index in [4.69, 9.17) is 21.3 Å². The summed E-state index contributed by atoms with van der Waals surface area (Å²) in [4.78, 5) is 34.8. The second-order valence-electron chi connectivity index (χ2n) is 11.9. The van der Waals surface area contributed by atoms with Gasteiger partial charge in [0, 0.05) is 11.8 Å². The molecule has 7 N–H and O–H groups in total. The predicted octanol–water partition coefficient (Wildman–Crippen LogP) is -0.622. The van der Waals surface area contributed by atoms with Gasteiger partial charge in [-0.05, 0) is 35.1 Å². The second kappa shape index (κ2) is 12.5. The molecule has 0 radical (unpaired) electrons. The normalized spacial score (nSPS) is 32.9. The first kappa shape index (κ1) is 34.0. The van der Waals surface area contributed by atoms with Gasteiger partial charge in [-0.2, -0.15) is 0 Å². The van der Waals surface area contributed by atoms with E-state index in [1.54, 1.807) is 0 Å². The lowest BCUT2D eigenvalue weighted by molar-refractivity contribution is -0.138. The summed E-state index contributed by atoms with van der Waals surface area (Å²) in [5, 5.41) is 29.7. The van der Waals surface area contributed by atoms with Crippen LogP contribution in [0.2, 0.25) is 0 Å². The number of aliphatic hydroxyl groups excluding tert-OH is 2. The number of carbonyl (C=O) groups is 2. The fourth-order valence-corrected chi connectivity index (χ4v) is 10.7. The summed E-state index contributed by atoms with van der Waals surface area (Å²) in [6, 6.07) is -0.907. The highest BCUT2D eigenvalue weighted by atomic mass is 79.9. The lowest BCUT2D eigenvalue weighted by Gasteiger charge is -2.36. The minimum Gasteiger partial charge on any atom is -0.748 e. The van der Waals surface area contributed by atoms with Gasteiger partial charge in [0.25, 0.3) is 0 Å². The number of aromatic nitrogens is 4. The maximum atomic E-state index is 12.1. The van der Waals surface area contributed by atoms with E-state index in [9.17, 15) is 32.8 Å². The third kappa shape index (κ3) is 6.43. The monoisotopic (exact) mass is 708 g/mol. The van der Waals surface area contributed by atoms with Gasteiger partial charge >= 0.3 is 5.97 Å². The van der Waals surface area contributed by atoms with Crippen molar-refractivity contribution in [3.63, 3.8) is 0 Å². The third-order valence-electron chi connectivity index (χ3n) is 9.08. The second-order valence-corrected chi connectivity index (χ2v) is 16.6. The first-order valence-electron chi connectivity index (χ1n) is 13.6. The molecule has 15 nitrogen and oxygen atoms in total. The number of anilines is 1. The molecule has 240 valence electrons. The molecule has 2 bridgehead atoms. The number of hydrogen-bond donors (Lipinski definition) is 5. The van der Waals surface area contributed by atoms with E-state index in [2.05, 4.69) is 30.9 Å². The number of ketones is 1. The number of hydrogen-bond acceptors (Lipinski definition) is 13. The summed E-state index contributed by atoms with van der Waals surface area (Å²) in [5.74, 6) is -0.260. The van der Waals surface area contributed by atoms with Gasteiger partial charge in [0.2, 0.25) is 0 Å². The van der Waals surface area contributed by atoms with Gasteiger partial charge in [0.05, 0.1) is 33.3 Å². The Labute approximate surface area is 260 Å². The van der Waals surface area contributed by atoms with Crippen LogP contribution in [-0.2, 0) is 35.3 Å². The van der Waals surface area contributed by atoms with E-state index < -0.39 is 63.3 Å². The zero-order valence-electron chi connectivity index (χ0n) is 23.9. The Kier molecular flexibility index (Phi) is 9.84. The van der Waals surface area contributed by atoms with E-state index in [1.165, 1.54) is 17.2 Å². The van der Waals surface area contributed by atoms with Crippen molar-refractivity contribution < 1.29 is 42.6 Å². The van der Waals surface area contributed by atoms with Crippen molar-refractivity contribution in [2.24, 2.45) is 22.5 Å². The molecule has 0 aromatic carbocycles. The van der Waals surface area contributed by atoms with Crippen molar-refractivity contribution in [2.75, 3.05) is 29.2 Å². The van der Waals surface area contributed by atoms with E-state index in [0.29, 0.717) is 35.5 Å². The van der Waals surface area contributed by atoms with Gasteiger partial charge in [-0.15, -0.1) is 0 Å². The topological polar surface area (TPSA) is 257 Å². The zero-order chi connectivity index (χ0) is 32.1. The summed E-state index contributed by atoms with van der Waals surface area (Å²) in [6.45, 7) is 3.80. The minimum absolute atomic E-state index is 0.104. The van der Waals surface area contributed by atoms with Gasteiger partial charge in [-0.1, -0.05) is 29.8 Å². The van der Waals surface area contributed by atoms with Crippen LogP contribution in [0.1, 0.15) is 39.3 Å². The highest BCUT2D eigenvalue weighted by molar-refractivity contribution is 9.10. The van der Waals surface area contributed by atoms with Crippen LogP contribution in [-0.4, -0.2) is 112 Å². The minimum atomic E-state index is -4.37. The number of halogens is 1. The van der Waals surface area contributed by atoms with E-state index in [0.717, 1.165) is 6.42 Å². The predicted molar refractivity (Wildman–Crippen MR) is 160 cm³/mol. The number of carbonyl (C=O) groups excluding carboxylic acids is 1. The van der Waals surface area contributed by atoms with Crippen LogP contribution in [0.5, 0.6) is 0 Å². The fourth-order valence-electron chi connectivity index (χ4n) is 6.44. The fraction of sp³-hybridized carbons (Fsp3) is 0.720. The Morgan fingerprint density at radius 3 is 2.56 bits per heavy atom. The molecule has 0 amide bonds. The number of carboxylic acid groups (broad SMARTS) is 1. The van der Waals surface area contributed by atoms with Crippen LogP contribution in [0.25, 0.3) is 11.2 Å². The van der Waals surface area contributed by atoms with E-state index in [-0.39, 0.29) is 33.2 Å². The summed E-state index contributed by atoms with van der Waals surface area (Å²) in [5.41, 5.74) is 10.7. The number of nitrogen functional groups attached to an aromatic ring is 1. The molecule has 2 aliphatic carbocycles. The Bertz CT molecular complexity index is 1480. The van der Waals surface area contributed by atoms with Gasteiger partial charge in [0.15, 0.2) is 23.5 Å². The summed E-state index contributed by atoms with van der Waals surface area (Å²) >= 11 is 3.33. The number of imidazole rings is 1. The lowest BCUT2D eigenvalue weighted by atomic mass is 9.70. The first-order valence-corrected chi connectivity index (χ1v) is 18.0. The molecule has 0 spiro atoms. The molecule has 3 aliphatic rings. The first-order chi connectivity index (χ1) is 19.9. The van der Waals surface area contributed by atoms with Crippen LogP contribution < -0.4 is 11.5 Å². The van der Waals surface area contributed by atoms with Crippen molar-refractivity contribution in [1.82, 2.24) is 19.5 Å². The molecule has 1 saturated heterocycles. The number of fused-ring (bicyclic) bond motifs is 3. The highest BCUT2D eigenvalue weighted by Crippen LogP contribution is 2.65. The smallest absolute Gasteiger partial charge is 0.320 e. The van der Waals surface area contributed by atoms with Crippen LogP contribution in [0.3, 0.4) is 0 Å². The Morgan fingerprint density at radius 2 is 1.98 bits per heavy atom. The molecule has 3 heterocycles. The SMILES string of the molecule is CC1(C)[C@H]2CC[C@]1(CS(=O)(=O)[O-])C(=O)C2Br.C[S+](CC[C@H](N)C(=O)O)C[C@H]1O[C@@H](n2cnc3c(N)ncnc32)[C@H](O)[C@@H]1O. The molecule has 1 aliphatic heterocycles. The van der Waals surface area contributed by atoms with Crippen molar-refractivity contribution in [2.45, 2.75) is 68.5 Å². The summed E-state index contributed by atoms with van der Waals surface area (Å²) < 4.78 is 40.4. The lowest BCUT2D eigenvalue weighted by Crippen LogP contribution is -2.43. The van der Waals surface area contributed by atoms with Gasteiger partial charge in [-0.25, -0.2) is 23.4 Å². The molecule has 3 fully saturated rings. The van der Waals surface area contributed by atoms with Crippen molar-refractivity contribution in [1.29, 1.82) is 0 Å². The number of nitrogens with zero attached hydrogens (tertiary/aromatic N) is 4. The Morgan fingerprint density at radius 1 is 1.30 bits per heavy atom. The van der Waals surface area contributed by atoms with Crippen LogP contribution in [0, 0.1) is 16.7 Å². The number of nitrogens with two attached hydrogens (primary N) is 2. The van der Waals surface area contributed by atoms with Gasteiger partial charge in [0.1, 0.15) is 47.7 Å². The molecule has 5 rings (SSSR count). The largest absolute Gasteiger partial charge is 0.748 e. The number of Topliss-reactive ketones (excluding diaryl/α,β-unsaturated/α-hetero) is 1. The average Bonchev–Trinajstić information content (AvgIpc) is 3.57. The summed E-state index contributed by atoms with van der Waals surface area (Å²) in [7, 11) is -4.61. The number of aliphatic hydroxyl groups is 2. The third-order valence-corrected chi connectivity index (χ3v) is 12.8. The summed E-state index contributed by atoms with van der Waals surface area (Å²) in [6.07, 6.45) is 2.64. The molecule has 18 heteroatoms. The maximum Gasteiger partial charge on any atom is 0.320 e. The number of ether oxygens (including phenoxy) is 1. The van der Waals surface area contributed by atoms with Gasteiger partial charge in [-0.3, -0.25) is 14.2 Å². The maximum absolute atomic E-state index is 12.1. The molecule has 9 atom stereocenters. The van der Waals surface area contributed by atoms with Crippen molar-refractivity contribution >= 4 is 65.7 Å². The Balaban J connectivity index is 0.000000225. The van der Waals surface area contributed by atoms with Crippen LogP contribution >= 0.6 is 15.9 Å². The van der Waals surface area contributed by atoms with E-state index >= 15 is 0 Å². The quantitative estimate of drug-likeness (QED) is 0.124. The molecule has 2 aromatic heterocycles. The van der Waals surface area contributed by atoms with Crippen LogP contribution in [0.4, 0.5) is 5.82 Å². The van der Waals surface area contributed by atoms with Crippen molar-refractivity contribution in [3.05, 3.63) is 12.7 Å². The Hall–Kier alpha value is -1.93. The molecule has 43 heavy (non-hydrogen) atoms. The van der Waals surface area contributed by atoms with Gasteiger partial charge < -0.3 is 36.1 Å². The number of carboxylic acids is 1. The molecule has 2 unspecified atom stereocenters. The average molecular weight is 710 g/mol. The number of alkyl halides is 1. The standard InChI is InChI=1S/C15H22N6O5S.C10H15BrO4S/c1-27(3-2-7(16)15(24)25)4-8-10(22)11(23)14(26-8)21-6-20-9-12(17)18-5-19-13(9)21;1-9(2)6-3-4-10(9,5-16(13,14)15)8(12)7(6)11/h5-8,10-11,14,22-23H,2-4,16H2,1H3,(H2-,17,18,19,24,25);6-7H,3-5H2,1-2H3,(H,13,14,15)/t7-,8+,10+,11+,14+,27?;6-,7?,10-/m00/s1. The molecular formula is C25H37BrN6O9S2. The van der Waals surface area contributed by atoms with E-state index in [1.807, 2.05) is 20.1 Å². The molecular weight excluding hydrogens is 672 g/mol. The van der Waals surface area contributed by atoms with Crippen LogP contribution in [0.15, 0.2) is 12.7 Å². The highest BCUT2D eigenvalue weighted by Gasteiger charge is 2.68. The van der Waals surface area contributed by atoms with Crippen molar-refractivity contribution in [3.8, 4) is 0 Å². The number of aliphatic carboxylic acids is 1. The number of rotatable bonds is 9. The molecule has 2 aromatic rings. The zero-order valence-corrected chi connectivity index (χ0v) is 27.1. The molecule has 2 saturated carbocycles.